The van der Waals surface area contributed by atoms with E-state index in [2.05, 4.69) is 0 Å². The van der Waals surface area contributed by atoms with Crippen molar-refractivity contribution in [3.05, 3.63) is 47.6 Å². The number of amides is 2. The van der Waals surface area contributed by atoms with Gasteiger partial charge >= 0.3 is 5.97 Å². The number of hydrogen-bond acceptors (Lipinski definition) is 4. The number of rotatable bonds is 4. The molecule has 0 spiro atoms. The fraction of sp³-hybridized carbons (Fsp3) is 0.133. The summed E-state index contributed by atoms with van der Waals surface area (Å²) in [6, 6.07) is 4.53. The van der Waals surface area contributed by atoms with Crippen LogP contribution in [0.2, 0.25) is 0 Å². The average molecular weight is 287 g/mol. The third-order valence-electron chi connectivity index (χ3n) is 2.95. The number of ether oxygens (including phenoxy) is 1. The van der Waals surface area contributed by atoms with E-state index < -0.39 is 11.9 Å². The molecule has 0 unspecified atom stereocenters. The Labute approximate surface area is 120 Å². The van der Waals surface area contributed by atoms with E-state index in [9.17, 15) is 14.4 Å². The van der Waals surface area contributed by atoms with E-state index in [1.54, 1.807) is 12.1 Å². The van der Waals surface area contributed by atoms with Crippen LogP contribution in [0.3, 0.4) is 0 Å². The topological polar surface area (TPSA) is 83.9 Å². The number of nitrogens with zero attached hydrogens (tertiary/aromatic N) is 1. The summed E-state index contributed by atoms with van der Waals surface area (Å²) in [5.74, 6) is -1.68. The van der Waals surface area contributed by atoms with Crippen LogP contribution < -0.4 is 4.74 Å². The van der Waals surface area contributed by atoms with Gasteiger partial charge in [-0.2, -0.15) is 0 Å². The van der Waals surface area contributed by atoms with Crippen LogP contribution in [0.5, 0.6) is 5.75 Å². The van der Waals surface area contributed by atoms with Crippen molar-refractivity contribution in [2.24, 2.45) is 0 Å². The molecule has 1 aromatic rings. The van der Waals surface area contributed by atoms with Crippen LogP contribution >= 0.6 is 0 Å². The molecule has 1 aliphatic rings. The minimum absolute atomic E-state index is 0.00557. The molecule has 0 aromatic heterocycles. The molecule has 6 nitrogen and oxygen atoms in total. The first kappa shape index (κ1) is 14.5. The Morgan fingerprint density at radius 1 is 1.38 bits per heavy atom. The Balaban J connectivity index is 2.17. The van der Waals surface area contributed by atoms with Gasteiger partial charge in [0.1, 0.15) is 11.3 Å². The lowest BCUT2D eigenvalue weighted by Crippen LogP contribution is -2.30. The molecule has 2 amide bonds. The molecule has 6 heteroatoms. The Bertz CT molecular complexity index is 660. The van der Waals surface area contributed by atoms with Gasteiger partial charge in [0.25, 0.3) is 11.8 Å². The number of methoxy groups -OCH3 is 1. The van der Waals surface area contributed by atoms with E-state index in [1.165, 1.54) is 37.5 Å². The van der Waals surface area contributed by atoms with Gasteiger partial charge in [0, 0.05) is 18.7 Å². The molecular formula is C15H13NO5. The first-order valence-corrected chi connectivity index (χ1v) is 6.14. The van der Waals surface area contributed by atoms with E-state index in [4.69, 9.17) is 9.84 Å². The van der Waals surface area contributed by atoms with Crippen LogP contribution in [-0.2, 0) is 9.59 Å². The number of benzene rings is 1. The highest BCUT2D eigenvalue weighted by Gasteiger charge is 2.19. The summed E-state index contributed by atoms with van der Waals surface area (Å²) in [5.41, 5.74) is 0.534. The zero-order valence-electron chi connectivity index (χ0n) is 11.3. The summed E-state index contributed by atoms with van der Waals surface area (Å²) in [5, 5.41) is 9.07. The average Bonchev–Trinajstić information content (AvgIpc) is 2.90. The second-order valence-electron chi connectivity index (χ2n) is 4.29. The van der Waals surface area contributed by atoms with Gasteiger partial charge in [0.2, 0.25) is 0 Å². The largest absolute Gasteiger partial charge is 0.496 e. The molecule has 1 aliphatic heterocycles. The Morgan fingerprint density at radius 3 is 2.71 bits per heavy atom. The summed E-state index contributed by atoms with van der Waals surface area (Å²) in [7, 11) is 1.38. The second kappa shape index (κ2) is 6.04. The molecule has 0 aliphatic carbocycles. The Hall–Kier alpha value is -2.89. The SMILES string of the molecule is COc1ccc(/C=C/C(=O)N2CC=CC2=O)cc1C(=O)O. The molecule has 108 valence electrons. The van der Waals surface area contributed by atoms with Crippen molar-refractivity contribution in [3.63, 3.8) is 0 Å². The fourth-order valence-corrected chi connectivity index (χ4v) is 1.89. The molecule has 0 bridgehead atoms. The summed E-state index contributed by atoms with van der Waals surface area (Å²) >= 11 is 0. The van der Waals surface area contributed by atoms with E-state index >= 15 is 0 Å². The monoisotopic (exact) mass is 287 g/mol. The van der Waals surface area contributed by atoms with E-state index in [0.717, 1.165) is 4.90 Å². The number of aromatic carboxylic acids is 1. The number of carboxylic acids is 1. The maximum absolute atomic E-state index is 11.8. The quantitative estimate of drug-likeness (QED) is 0.845. The van der Waals surface area contributed by atoms with Crippen LogP contribution in [0, 0.1) is 0 Å². The lowest BCUT2D eigenvalue weighted by molar-refractivity contribution is -0.137. The maximum Gasteiger partial charge on any atom is 0.339 e. The standard InChI is InChI=1S/C15H13NO5/c1-21-12-6-4-10(9-11(12)15(19)20)5-7-14(18)16-8-2-3-13(16)17/h2-7,9H,8H2,1H3,(H,19,20)/b7-5+. The minimum atomic E-state index is -1.12. The molecule has 1 N–H and O–H groups in total. The van der Waals surface area contributed by atoms with Crippen LogP contribution in [-0.4, -0.2) is 41.4 Å². The van der Waals surface area contributed by atoms with Gasteiger partial charge in [-0.05, 0) is 23.8 Å². The van der Waals surface area contributed by atoms with Crippen LogP contribution in [0.15, 0.2) is 36.4 Å². The lowest BCUT2D eigenvalue weighted by Gasteiger charge is -2.10. The van der Waals surface area contributed by atoms with Crippen LogP contribution in [0.25, 0.3) is 6.08 Å². The van der Waals surface area contributed by atoms with Crippen LogP contribution in [0.1, 0.15) is 15.9 Å². The first-order chi connectivity index (χ1) is 10.0. The smallest absolute Gasteiger partial charge is 0.339 e. The van der Waals surface area contributed by atoms with Gasteiger partial charge < -0.3 is 9.84 Å². The third kappa shape index (κ3) is 3.17. The fourth-order valence-electron chi connectivity index (χ4n) is 1.89. The van der Waals surface area contributed by atoms with Gasteiger partial charge in [-0.1, -0.05) is 12.1 Å². The third-order valence-corrected chi connectivity index (χ3v) is 2.95. The number of hydrogen-bond donors (Lipinski definition) is 1. The molecule has 0 saturated carbocycles. The van der Waals surface area contributed by atoms with E-state index in [-0.39, 0.29) is 23.8 Å². The molecule has 1 heterocycles. The summed E-state index contributed by atoms with van der Waals surface area (Å²) in [6.07, 6.45) is 5.63. The van der Waals surface area contributed by atoms with Crippen LogP contribution in [0.4, 0.5) is 0 Å². The van der Waals surface area contributed by atoms with Crippen molar-refractivity contribution in [1.82, 2.24) is 4.90 Å². The van der Waals surface area contributed by atoms with Gasteiger partial charge in [-0.15, -0.1) is 0 Å². The molecule has 2 rings (SSSR count). The van der Waals surface area contributed by atoms with E-state index in [1.807, 2.05) is 0 Å². The first-order valence-electron chi connectivity index (χ1n) is 6.14. The van der Waals surface area contributed by atoms with E-state index in [0.29, 0.717) is 5.56 Å². The van der Waals surface area contributed by atoms with Crippen molar-refractivity contribution in [2.75, 3.05) is 13.7 Å². The highest BCUT2D eigenvalue weighted by molar-refractivity contribution is 6.08. The Kier molecular flexibility index (Phi) is 4.18. The number of carbonyl (C=O) groups is 3. The number of carbonyl (C=O) groups excluding carboxylic acids is 2. The molecule has 0 fully saturated rings. The molecular weight excluding hydrogens is 274 g/mol. The van der Waals surface area contributed by atoms with Crippen molar-refractivity contribution in [1.29, 1.82) is 0 Å². The molecule has 0 saturated heterocycles. The normalized spacial score (nSPS) is 14.0. The maximum atomic E-state index is 11.8. The van der Waals surface area contributed by atoms with Crippen molar-refractivity contribution < 1.29 is 24.2 Å². The zero-order valence-corrected chi connectivity index (χ0v) is 11.3. The Morgan fingerprint density at radius 2 is 2.14 bits per heavy atom. The van der Waals surface area contributed by atoms with Gasteiger partial charge in [-0.3, -0.25) is 14.5 Å². The molecule has 1 aromatic carbocycles. The molecule has 0 radical (unpaired) electrons. The highest BCUT2D eigenvalue weighted by Crippen LogP contribution is 2.20. The number of carboxylic acid groups (broad SMARTS) is 1. The molecule has 0 atom stereocenters. The van der Waals surface area contributed by atoms with Crippen molar-refractivity contribution in [2.45, 2.75) is 0 Å². The highest BCUT2D eigenvalue weighted by atomic mass is 16.5. The second-order valence-corrected chi connectivity index (χ2v) is 4.29. The van der Waals surface area contributed by atoms with Gasteiger partial charge in [-0.25, -0.2) is 4.79 Å². The molecule has 21 heavy (non-hydrogen) atoms. The predicted molar refractivity (Wildman–Crippen MR) is 74.8 cm³/mol. The summed E-state index contributed by atoms with van der Waals surface area (Å²) in [6.45, 7) is 0.255. The van der Waals surface area contributed by atoms with Gasteiger partial charge in [0.15, 0.2) is 0 Å². The summed E-state index contributed by atoms with van der Waals surface area (Å²) < 4.78 is 4.95. The number of imide groups is 1. The van der Waals surface area contributed by atoms with Gasteiger partial charge in [0.05, 0.1) is 7.11 Å². The minimum Gasteiger partial charge on any atom is -0.496 e. The van der Waals surface area contributed by atoms with Crippen molar-refractivity contribution >= 4 is 23.9 Å². The van der Waals surface area contributed by atoms with Crippen molar-refractivity contribution in [3.8, 4) is 5.75 Å². The lowest BCUT2D eigenvalue weighted by atomic mass is 10.1. The summed E-state index contributed by atoms with van der Waals surface area (Å²) in [4.78, 5) is 35.3. The predicted octanol–water partition coefficient (Wildman–Crippen LogP) is 1.33. The zero-order chi connectivity index (χ0) is 15.4.